The van der Waals surface area contributed by atoms with E-state index in [1.807, 2.05) is 0 Å². The molecule has 0 radical (unpaired) electrons. The minimum Gasteiger partial charge on any atom is -0.356 e. The summed E-state index contributed by atoms with van der Waals surface area (Å²) in [6.07, 6.45) is 0.922. The lowest BCUT2D eigenvalue weighted by Crippen LogP contribution is -2.25. The Morgan fingerprint density at radius 3 is 2.80 bits per heavy atom. The molecule has 0 fully saturated rings. The minimum absolute atomic E-state index is 0.0404. The van der Waals surface area contributed by atoms with Crippen LogP contribution < -0.4 is 5.32 Å². The van der Waals surface area contributed by atoms with Crippen molar-refractivity contribution in [2.24, 2.45) is 0 Å². The lowest BCUT2D eigenvalue weighted by Gasteiger charge is -2.04. The number of halogens is 1. The summed E-state index contributed by atoms with van der Waals surface area (Å²) >= 11 is 3.95. The van der Waals surface area contributed by atoms with Crippen LogP contribution in [-0.4, -0.2) is 18.2 Å². The van der Waals surface area contributed by atoms with Crippen LogP contribution in [0.1, 0.15) is 12.0 Å². The van der Waals surface area contributed by atoms with E-state index in [2.05, 4.69) is 17.9 Å². The number of carbonyl (C=O) groups is 1. The highest BCUT2D eigenvalue weighted by molar-refractivity contribution is 7.80. The van der Waals surface area contributed by atoms with E-state index >= 15 is 0 Å². The minimum atomic E-state index is -0.221. The first-order chi connectivity index (χ1) is 7.24. The molecule has 4 heteroatoms. The normalized spacial score (nSPS) is 10.0. The second-order valence-corrected chi connectivity index (χ2v) is 3.61. The molecule has 1 N–H and O–H groups in total. The van der Waals surface area contributed by atoms with E-state index in [4.69, 9.17) is 0 Å². The van der Waals surface area contributed by atoms with Gasteiger partial charge in [-0.3, -0.25) is 4.79 Å². The lowest BCUT2D eigenvalue weighted by molar-refractivity contribution is -0.120. The van der Waals surface area contributed by atoms with Crippen LogP contribution in [0.3, 0.4) is 0 Å². The van der Waals surface area contributed by atoms with Crippen LogP contribution in [0.25, 0.3) is 0 Å². The molecule has 1 aromatic carbocycles. The van der Waals surface area contributed by atoms with E-state index in [1.165, 1.54) is 6.07 Å². The highest BCUT2D eigenvalue weighted by Gasteiger charge is 2.02. The highest BCUT2D eigenvalue weighted by Crippen LogP contribution is 2.06. The Morgan fingerprint density at radius 2 is 2.13 bits per heavy atom. The molecule has 0 aliphatic heterocycles. The quantitative estimate of drug-likeness (QED) is 0.738. The molecule has 0 aliphatic carbocycles. The zero-order valence-corrected chi connectivity index (χ0v) is 9.27. The van der Waals surface area contributed by atoms with Gasteiger partial charge in [0.25, 0.3) is 0 Å². The molecule has 0 atom stereocenters. The first kappa shape index (κ1) is 12.0. The molecule has 0 aliphatic rings. The van der Waals surface area contributed by atoms with Gasteiger partial charge in [0.15, 0.2) is 0 Å². The molecule has 0 heterocycles. The number of nitrogens with one attached hydrogen (secondary N) is 1. The molecule has 1 rings (SSSR count). The van der Waals surface area contributed by atoms with Gasteiger partial charge >= 0.3 is 0 Å². The van der Waals surface area contributed by atoms with Crippen molar-refractivity contribution in [3.8, 4) is 0 Å². The molecule has 1 amide bonds. The predicted molar refractivity (Wildman–Crippen MR) is 61.6 cm³/mol. The summed E-state index contributed by atoms with van der Waals surface area (Å²) in [6, 6.07) is 6.58. The van der Waals surface area contributed by atoms with Gasteiger partial charge in [0.05, 0.1) is 0 Å². The van der Waals surface area contributed by atoms with Crippen molar-refractivity contribution in [2.45, 2.75) is 12.8 Å². The maximum Gasteiger partial charge on any atom is 0.220 e. The van der Waals surface area contributed by atoms with Gasteiger partial charge in [0.2, 0.25) is 5.91 Å². The Labute approximate surface area is 94.3 Å². The summed E-state index contributed by atoms with van der Waals surface area (Å²) in [5.41, 5.74) is 0.628. The van der Waals surface area contributed by atoms with Crippen LogP contribution in [-0.2, 0) is 11.2 Å². The summed E-state index contributed by atoms with van der Waals surface area (Å²) in [5.74, 6) is 0.271. The fraction of sp³-hybridized carbons (Fsp3) is 0.364. The SMILES string of the molecule is O=C(CCS)NCCc1ccccc1F. The summed E-state index contributed by atoms with van der Waals surface area (Å²) in [7, 11) is 0. The number of hydrogen-bond acceptors (Lipinski definition) is 2. The zero-order valence-electron chi connectivity index (χ0n) is 8.37. The van der Waals surface area contributed by atoms with Crippen molar-refractivity contribution < 1.29 is 9.18 Å². The van der Waals surface area contributed by atoms with E-state index in [9.17, 15) is 9.18 Å². The summed E-state index contributed by atoms with van der Waals surface area (Å²) in [4.78, 5) is 11.1. The van der Waals surface area contributed by atoms with Gasteiger partial charge in [-0.25, -0.2) is 4.39 Å². The Kier molecular flexibility index (Phi) is 5.18. The summed E-state index contributed by atoms with van der Waals surface area (Å²) in [6.45, 7) is 0.466. The molecular weight excluding hydrogens is 213 g/mol. The van der Waals surface area contributed by atoms with Crippen LogP contribution >= 0.6 is 12.6 Å². The smallest absolute Gasteiger partial charge is 0.220 e. The average molecular weight is 227 g/mol. The van der Waals surface area contributed by atoms with Crippen molar-refractivity contribution in [1.82, 2.24) is 5.32 Å². The molecule has 0 saturated heterocycles. The molecule has 15 heavy (non-hydrogen) atoms. The van der Waals surface area contributed by atoms with Gasteiger partial charge in [-0.05, 0) is 23.8 Å². The van der Waals surface area contributed by atoms with Gasteiger partial charge in [-0.1, -0.05) is 18.2 Å². The number of hydrogen-bond donors (Lipinski definition) is 2. The molecule has 0 aromatic heterocycles. The molecule has 0 bridgehead atoms. The first-order valence-electron chi connectivity index (χ1n) is 4.85. The second-order valence-electron chi connectivity index (χ2n) is 3.16. The van der Waals surface area contributed by atoms with Crippen molar-refractivity contribution in [3.63, 3.8) is 0 Å². The van der Waals surface area contributed by atoms with Crippen molar-refractivity contribution >= 4 is 18.5 Å². The molecule has 1 aromatic rings. The fourth-order valence-electron chi connectivity index (χ4n) is 1.23. The van der Waals surface area contributed by atoms with Gasteiger partial charge in [0.1, 0.15) is 5.82 Å². The van der Waals surface area contributed by atoms with E-state index in [0.717, 1.165) is 0 Å². The van der Waals surface area contributed by atoms with Crippen LogP contribution in [0, 0.1) is 5.82 Å². The van der Waals surface area contributed by atoms with Gasteiger partial charge in [-0.15, -0.1) is 0 Å². The van der Waals surface area contributed by atoms with Crippen LogP contribution in [0.5, 0.6) is 0 Å². The molecule has 82 valence electrons. The number of amides is 1. The standard InChI is InChI=1S/C11H14FNOS/c12-10-4-2-1-3-9(10)5-7-13-11(14)6-8-15/h1-4,15H,5-8H2,(H,13,14). The Balaban J connectivity index is 2.32. The number of carbonyl (C=O) groups excluding carboxylic acids is 1. The van der Waals surface area contributed by atoms with Gasteiger partial charge in [0, 0.05) is 13.0 Å². The van der Waals surface area contributed by atoms with E-state index in [0.29, 0.717) is 30.7 Å². The monoisotopic (exact) mass is 227 g/mol. The Morgan fingerprint density at radius 1 is 1.40 bits per heavy atom. The third-order valence-electron chi connectivity index (χ3n) is 2.01. The number of rotatable bonds is 5. The molecule has 2 nitrogen and oxygen atoms in total. The number of thiol groups is 1. The van der Waals surface area contributed by atoms with E-state index in [-0.39, 0.29) is 11.7 Å². The van der Waals surface area contributed by atoms with E-state index in [1.54, 1.807) is 18.2 Å². The third kappa shape index (κ3) is 4.34. The topological polar surface area (TPSA) is 29.1 Å². The van der Waals surface area contributed by atoms with Crippen LogP contribution in [0.15, 0.2) is 24.3 Å². The Hall–Kier alpha value is -1.03. The Bertz CT molecular complexity index is 330. The maximum atomic E-state index is 13.1. The predicted octanol–water partition coefficient (Wildman–Crippen LogP) is 1.80. The molecule has 0 saturated carbocycles. The molecule has 0 spiro atoms. The van der Waals surface area contributed by atoms with Crippen LogP contribution in [0.4, 0.5) is 4.39 Å². The summed E-state index contributed by atoms with van der Waals surface area (Å²) in [5, 5.41) is 2.70. The maximum absolute atomic E-state index is 13.1. The largest absolute Gasteiger partial charge is 0.356 e. The second kappa shape index (κ2) is 6.45. The lowest BCUT2D eigenvalue weighted by atomic mass is 10.1. The third-order valence-corrected chi connectivity index (χ3v) is 2.24. The number of benzene rings is 1. The molecular formula is C11H14FNOS. The van der Waals surface area contributed by atoms with Crippen LogP contribution in [0.2, 0.25) is 0 Å². The van der Waals surface area contributed by atoms with Crippen molar-refractivity contribution in [2.75, 3.05) is 12.3 Å². The molecule has 0 unspecified atom stereocenters. The first-order valence-corrected chi connectivity index (χ1v) is 5.48. The average Bonchev–Trinajstić information content (AvgIpc) is 2.21. The van der Waals surface area contributed by atoms with Crippen molar-refractivity contribution in [1.29, 1.82) is 0 Å². The zero-order chi connectivity index (χ0) is 11.1. The van der Waals surface area contributed by atoms with E-state index < -0.39 is 0 Å². The fourth-order valence-corrected chi connectivity index (χ4v) is 1.43. The van der Waals surface area contributed by atoms with Gasteiger partial charge < -0.3 is 5.32 Å². The van der Waals surface area contributed by atoms with Gasteiger partial charge in [-0.2, -0.15) is 12.6 Å². The highest BCUT2D eigenvalue weighted by atomic mass is 32.1. The summed E-state index contributed by atoms with van der Waals surface area (Å²) < 4.78 is 13.1. The van der Waals surface area contributed by atoms with Crippen molar-refractivity contribution in [3.05, 3.63) is 35.6 Å².